The monoisotopic (exact) mass is 117 g/mol. The Bertz CT molecular complexity index is 66.9. The Balaban J connectivity index is 3.71. The third kappa shape index (κ3) is 1.80. The van der Waals surface area contributed by atoms with Gasteiger partial charge in [-0.25, -0.2) is 0 Å². The highest BCUT2D eigenvalue weighted by Gasteiger charge is 2.22. The zero-order valence-corrected chi connectivity index (χ0v) is 5.64. The molecular weight excluding hydrogens is 104 g/mol. The molecule has 0 fully saturated rings. The van der Waals surface area contributed by atoms with Gasteiger partial charge in [0.2, 0.25) is 0 Å². The van der Waals surface area contributed by atoms with Gasteiger partial charge in [-0.3, -0.25) is 0 Å². The number of ether oxygens (including phenoxy) is 1. The fourth-order valence-corrected chi connectivity index (χ4v) is 0.136. The highest BCUT2D eigenvalue weighted by molar-refractivity contribution is 4.79. The molecule has 0 aliphatic rings. The second-order valence-electron chi connectivity index (χ2n) is 2.32. The van der Waals surface area contributed by atoms with Crippen molar-refractivity contribution in [1.29, 1.82) is 0 Å². The third-order valence-electron chi connectivity index (χ3n) is 1.33. The Morgan fingerprint density at radius 1 is 1.62 bits per heavy atom. The van der Waals surface area contributed by atoms with Crippen LogP contribution in [0.15, 0.2) is 0 Å². The molecule has 0 aliphatic heterocycles. The van der Waals surface area contributed by atoms with Crippen LogP contribution in [0.25, 0.3) is 0 Å². The number of hydrogen-bond acceptors (Lipinski definition) is 2. The lowest BCUT2D eigenvalue weighted by Gasteiger charge is -2.25. The minimum Gasteiger partial charge on any atom is -0.390 e. The Hall–Kier alpha value is -0.0800. The molecule has 1 radical (unpaired) electrons. The summed E-state index contributed by atoms with van der Waals surface area (Å²) in [4.78, 5) is 0. The number of aliphatic hydroxyl groups excluding tert-OH is 1. The van der Waals surface area contributed by atoms with Crippen molar-refractivity contribution in [3.63, 3.8) is 0 Å². The van der Waals surface area contributed by atoms with Gasteiger partial charge in [0.1, 0.15) is 0 Å². The molecule has 0 aromatic rings. The summed E-state index contributed by atoms with van der Waals surface area (Å²) < 4.78 is 4.89. The summed E-state index contributed by atoms with van der Waals surface area (Å²) >= 11 is 0. The van der Waals surface area contributed by atoms with Crippen molar-refractivity contribution in [2.45, 2.75) is 25.6 Å². The minimum absolute atomic E-state index is 0.514. The predicted molar refractivity (Wildman–Crippen MR) is 32.5 cm³/mol. The van der Waals surface area contributed by atoms with Crippen LogP contribution in [0.2, 0.25) is 0 Å². The number of aliphatic hydroxyl groups is 1. The fourth-order valence-electron chi connectivity index (χ4n) is 0.136. The Morgan fingerprint density at radius 2 is 2.00 bits per heavy atom. The van der Waals surface area contributed by atoms with Gasteiger partial charge < -0.3 is 9.84 Å². The molecule has 0 aromatic heterocycles. The molecule has 0 saturated heterocycles. The van der Waals surface area contributed by atoms with E-state index in [0.717, 1.165) is 0 Å². The summed E-state index contributed by atoms with van der Waals surface area (Å²) in [6, 6.07) is 0. The lowest BCUT2D eigenvalue weighted by Crippen LogP contribution is -2.35. The lowest BCUT2D eigenvalue weighted by atomic mass is 10.0. The Morgan fingerprint density at radius 3 is 2.00 bits per heavy atom. The van der Waals surface area contributed by atoms with Crippen LogP contribution < -0.4 is 0 Å². The first kappa shape index (κ1) is 7.92. The van der Waals surface area contributed by atoms with Gasteiger partial charge in [0.15, 0.2) is 0 Å². The van der Waals surface area contributed by atoms with Crippen LogP contribution >= 0.6 is 0 Å². The van der Waals surface area contributed by atoms with Crippen molar-refractivity contribution in [3.8, 4) is 0 Å². The first-order chi connectivity index (χ1) is 3.50. The lowest BCUT2D eigenvalue weighted by molar-refractivity contribution is -0.0575. The number of hydrogen-bond donors (Lipinski definition) is 1. The minimum atomic E-state index is -0.660. The highest BCUT2D eigenvalue weighted by atomic mass is 16.5. The SMILES string of the molecule is [CH2]C(O)C(C)(C)OC. The second-order valence-corrected chi connectivity index (χ2v) is 2.32. The third-order valence-corrected chi connectivity index (χ3v) is 1.33. The maximum atomic E-state index is 8.84. The largest absolute Gasteiger partial charge is 0.390 e. The molecule has 0 spiro atoms. The molecule has 8 heavy (non-hydrogen) atoms. The Kier molecular flexibility index (Phi) is 2.44. The number of rotatable bonds is 2. The van der Waals surface area contributed by atoms with Gasteiger partial charge in [-0.15, -0.1) is 0 Å². The molecule has 2 heteroatoms. The summed E-state index contributed by atoms with van der Waals surface area (Å²) in [6.45, 7) is 6.98. The molecule has 1 N–H and O–H groups in total. The van der Waals surface area contributed by atoms with Crippen LogP contribution in [0.4, 0.5) is 0 Å². The molecule has 49 valence electrons. The van der Waals surface area contributed by atoms with Crippen molar-refractivity contribution in [2.75, 3.05) is 7.11 Å². The summed E-state index contributed by atoms with van der Waals surface area (Å²) in [5, 5.41) is 8.84. The van der Waals surface area contributed by atoms with Gasteiger partial charge >= 0.3 is 0 Å². The zero-order chi connectivity index (χ0) is 6.78. The maximum absolute atomic E-state index is 8.84. The van der Waals surface area contributed by atoms with E-state index in [9.17, 15) is 0 Å². The van der Waals surface area contributed by atoms with Crippen LogP contribution in [0.3, 0.4) is 0 Å². The highest BCUT2D eigenvalue weighted by Crippen LogP contribution is 2.11. The van der Waals surface area contributed by atoms with Crippen LogP contribution in [-0.2, 0) is 4.74 Å². The smallest absolute Gasteiger partial charge is 0.0880 e. The molecular formula is C6H13O2. The topological polar surface area (TPSA) is 29.5 Å². The predicted octanol–water partition coefficient (Wildman–Crippen LogP) is 0.606. The fraction of sp³-hybridized carbons (Fsp3) is 0.833. The van der Waals surface area contributed by atoms with Crippen molar-refractivity contribution < 1.29 is 9.84 Å². The van der Waals surface area contributed by atoms with E-state index < -0.39 is 11.7 Å². The Labute approximate surface area is 50.5 Å². The molecule has 0 bridgehead atoms. The average molecular weight is 117 g/mol. The van der Waals surface area contributed by atoms with Crippen LogP contribution in [0.5, 0.6) is 0 Å². The summed E-state index contributed by atoms with van der Waals surface area (Å²) in [7, 11) is 1.55. The summed E-state index contributed by atoms with van der Waals surface area (Å²) in [5.41, 5.74) is -0.514. The van der Waals surface area contributed by atoms with E-state index in [1.54, 1.807) is 21.0 Å². The van der Waals surface area contributed by atoms with Crippen molar-refractivity contribution >= 4 is 0 Å². The van der Waals surface area contributed by atoms with E-state index in [4.69, 9.17) is 9.84 Å². The normalized spacial score (nSPS) is 16.1. The van der Waals surface area contributed by atoms with Crippen LogP contribution in [-0.4, -0.2) is 23.9 Å². The van der Waals surface area contributed by atoms with Gasteiger partial charge in [-0.2, -0.15) is 0 Å². The molecule has 0 rings (SSSR count). The van der Waals surface area contributed by atoms with Crippen molar-refractivity contribution in [1.82, 2.24) is 0 Å². The van der Waals surface area contributed by atoms with E-state index in [1.165, 1.54) is 0 Å². The molecule has 0 aliphatic carbocycles. The molecule has 2 nitrogen and oxygen atoms in total. The van der Waals surface area contributed by atoms with E-state index in [2.05, 4.69) is 6.92 Å². The van der Waals surface area contributed by atoms with Crippen molar-refractivity contribution in [2.24, 2.45) is 0 Å². The maximum Gasteiger partial charge on any atom is 0.0880 e. The standard InChI is InChI=1S/C6H13O2/c1-5(7)6(2,3)8-4/h5,7H,1H2,2-4H3. The molecule has 0 saturated carbocycles. The van der Waals surface area contributed by atoms with Crippen LogP contribution in [0.1, 0.15) is 13.8 Å². The quantitative estimate of drug-likeness (QED) is 0.574. The number of methoxy groups -OCH3 is 1. The summed E-state index contributed by atoms with van der Waals surface area (Å²) in [6.07, 6.45) is -0.660. The van der Waals surface area contributed by atoms with Gasteiger partial charge in [0.25, 0.3) is 0 Å². The second kappa shape index (κ2) is 2.46. The molecule has 1 unspecified atom stereocenters. The van der Waals surface area contributed by atoms with E-state index in [0.29, 0.717) is 0 Å². The van der Waals surface area contributed by atoms with E-state index in [-0.39, 0.29) is 0 Å². The molecule has 0 heterocycles. The molecule has 1 atom stereocenters. The first-order valence-corrected chi connectivity index (χ1v) is 2.57. The molecule has 0 aromatic carbocycles. The van der Waals surface area contributed by atoms with Gasteiger partial charge in [0.05, 0.1) is 11.7 Å². The van der Waals surface area contributed by atoms with Crippen molar-refractivity contribution in [3.05, 3.63) is 6.92 Å². The van der Waals surface area contributed by atoms with E-state index >= 15 is 0 Å². The van der Waals surface area contributed by atoms with Gasteiger partial charge in [0, 0.05) is 7.11 Å². The van der Waals surface area contributed by atoms with Gasteiger partial charge in [-0.05, 0) is 20.8 Å². The average Bonchev–Trinajstić information content (AvgIpc) is 1.67. The first-order valence-electron chi connectivity index (χ1n) is 2.57. The zero-order valence-electron chi connectivity index (χ0n) is 5.64. The van der Waals surface area contributed by atoms with E-state index in [1.807, 2.05) is 0 Å². The summed E-state index contributed by atoms with van der Waals surface area (Å²) in [5.74, 6) is 0. The van der Waals surface area contributed by atoms with Gasteiger partial charge in [-0.1, -0.05) is 0 Å². The van der Waals surface area contributed by atoms with Crippen LogP contribution in [0, 0.1) is 6.92 Å². The molecule has 0 amide bonds.